The zero-order chi connectivity index (χ0) is 42.9. The monoisotopic (exact) mass is 832 g/mol. The number of nitrogens with one attached hydrogen (secondary N) is 6. The van der Waals surface area contributed by atoms with Gasteiger partial charge in [0.25, 0.3) is 0 Å². The summed E-state index contributed by atoms with van der Waals surface area (Å²) < 4.78 is 11.3. The Morgan fingerprint density at radius 3 is 2.36 bits per heavy atom. The minimum Gasteiger partial charge on any atom is -0.453 e. The van der Waals surface area contributed by atoms with Gasteiger partial charge in [-0.25, -0.2) is 19.4 Å². The SMILES string of the molecule is COC(=O)N[C@H](C(=O)N1CCC[C@H]1c1ncc(-c2ccc3c(c2)cc2c4ccc(C5=CNC([C@@H]6CCCN6C(=O)C6(NC(=O)OC)C(C)C6C)N5)cc4[nH]c(=O)n32)[nH]1)C(C)C. The number of carbonyl (C=O) groups excluding carboxylic acids is 4. The number of hydrogen-bond donors (Lipinski definition) is 6. The summed E-state index contributed by atoms with van der Waals surface area (Å²) in [7, 11) is 2.58. The molecule has 1 aliphatic carbocycles. The van der Waals surface area contributed by atoms with Crippen LogP contribution < -0.4 is 27.0 Å². The van der Waals surface area contributed by atoms with Gasteiger partial charge in [0.05, 0.1) is 60.4 Å². The molecule has 6 heterocycles. The smallest absolute Gasteiger partial charge is 0.407 e. The Morgan fingerprint density at radius 2 is 1.62 bits per heavy atom. The molecule has 17 heteroatoms. The second-order valence-electron chi connectivity index (χ2n) is 17.2. The Balaban J connectivity index is 0.934. The number of aromatic amines is 2. The molecule has 6 N–H and O–H groups in total. The molecule has 2 saturated heterocycles. The molecule has 1 saturated carbocycles. The van der Waals surface area contributed by atoms with E-state index in [1.807, 2.05) is 81.3 Å². The largest absolute Gasteiger partial charge is 0.453 e. The first-order valence-corrected chi connectivity index (χ1v) is 21.1. The van der Waals surface area contributed by atoms with Gasteiger partial charge < -0.3 is 50.5 Å². The lowest BCUT2D eigenvalue weighted by molar-refractivity contribution is -0.137. The predicted molar refractivity (Wildman–Crippen MR) is 228 cm³/mol. The van der Waals surface area contributed by atoms with Crippen LogP contribution in [0, 0.1) is 17.8 Å². The molecule has 3 aromatic heterocycles. The van der Waals surface area contributed by atoms with Crippen molar-refractivity contribution in [3.8, 4) is 11.3 Å². The number of imidazole rings is 1. The van der Waals surface area contributed by atoms with E-state index in [1.54, 1.807) is 15.5 Å². The van der Waals surface area contributed by atoms with Gasteiger partial charge in [-0.15, -0.1) is 0 Å². The summed E-state index contributed by atoms with van der Waals surface area (Å²) >= 11 is 0. The van der Waals surface area contributed by atoms with Gasteiger partial charge in [0.15, 0.2) is 0 Å². The summed E-state index contributed by atoms with van der Waals surface area (Å²) in [6.07, 6.45) is 5.41. The Labute approximate surface area is 351 Å². The second-order valence-corrected chi connectivity index (χ2v) is 17.2. The highest BCUT2D eigenvalue weighted by molar-refractivity contribution is 6.02. The van der Waals surface area contributed by atoms with Gasteiger partial charge in [-0.05, 0) is 67.7 Å². The molecule has 320 valence electrons. The van der Waals surface area contributed by atoms with Gasteiger partial charge in [-0.1, -0.05) is 45.9 Å². The molecule has 4 amide bonds. The molecule has 3 fully saturated rings. The van der Waals surface area contributed by atoms with Crippen LogP contribution in [0.4, 0.5) is 9.59 Å². The van der Waals surface area contributed by atoms with Crippen LogP contribution in [-0.2, 0) is 19.1 Å². The molecule has 0 radical (unpaired) electrons. The van der Waals surface area contributed by atoms with Gasteiger partial charge >= 0.3 is 17.9 Å². The third-order valence-electron chi connectivity index (χ3n) is 13.6. The standard InChI is InChI=1S/C44H52N10O7/c1-22(2)36(50-42(58)60-5)39(55)52-15-7-9-33(52)37-45-20-30(47-37)25-12-14-32-27(17-25)19-35-28-13-11-26(18-29(28)49-41(57)54(32)35)31-21-46-38(48-31)34-10-8-16-53(34)40(56)44(23(3)24(44)4)51-43(59)61-6/h11-14,17-24,33-34,36,38,46,48H,7-10,15-16H2,1-6H3,(H,45,47)(H,49,57)(H,50,58)(H,51,59)/t23?,24?,33-,34-,36-,38?,44?/m0/s1. The molecular weight excluding hydrogens is 781 g/mol. The van der Waals surface area contributed by atoms with E-state index in [2.05, 4.69) is 31.2 Å². The summed E-state index contributed by atoms with van der Waals surface area (Å²) in [5.41, 5.74) is 4.37. The number of fused-ring (bicyclic) bond motifs is 5. The van der Waals surface area contributed by atoms with Crippen molar-refractivity contribution in [2.75, 3.05) is 27.3 Å². The lowest BCUT2D eigenvalue weighted by Gasteiger charge is -2.33. The van der Waals surface area contributed by atoms with Gasteiger partial charge in [0, 0.05) is 41.2 Å². The lowest BCUT2D eigenvalue weighted by atomic mass is 10.0. The van der Waals surface area contributed by atoms with E-state index in [4.69, 9.17) is 14.5 Å². The van der Waals surface area contributed by atoms with Crippen molar-refractivity contribution in [2.24, 2.45) is 17.8 Å². The summed E-state index contributed by atoms with van der Waals surface area (Å²) in [4.78, 5) is 80.6. The van der Waals surface area contributed by atoms with E-state index in [9.17, 15) is 24.0 Å². The van der Waals surface area contributed by atoms with Gasteiger partial charge in [-0.2, -0.15) is 0 Å². The number of carbonyl (C=O) groups is 4. The molecule has 9 rings (SSSR count). The minimum atomic E-state index is -0.973. The zero-order valence-corrected chi connectivity index (χ0v) is 35.1. The Kier molecular flexibility index (Phi) is 9.94. The van der Waals surface area contributed by atoms with E-state index in [-0.39, 0.29) is 53.5 Å². The third-order valence-corrected chi connectivity index (χ3v) is 13.6. The van der Waals surface area contributed by atoms with Crippen molar-refractivity contribution in [3.63, 3.8) is 0 Å². The number of rotatable bonds is 9. The van der Waals surface area contributed by atoms with Crippen LogP contribution in [-0.4, -0.2) is 104 Å². The fourth-order valence-electron chi connectivity index (χ4n) is 9.95. The lowest BCUT2D eigenvalue weighted by Crippen LogP contribution is -2.58. The quantitative estimate of drug-likeness (QED) is 0.122. The molecular formula is C44H52N10O7. The average Bonchev–Trinajstić information content (AvgIpc) is 4.05. The Hall–Kier alpha value is -6.52. The van der Waals surface area contributed by atoms with Crippen LogP contribution in [0.2, 0.25) is 0 Å². The summed E-state index contributed by atoms with van der Waals surface area (Å²) in [5, 5.41) is 14.3. The highest BCUT2D eigenvalue weighted by atomic mass is 16.5. The van der Waals surface area contributed by atoms with Crippen LogP contribution in [0.25, 0.3) is 44.3 Å². The van der Waals surface area contributed by atoms with Gasteiger partial charge in [-0.3, -0.25) is 14.0 Å². The molecule has 3 unspecified atom stereocenters. The molecule has 2 aromatic carbocycles. The van der Waals surface area contributed by atoms with Crippen molar-refractivity contribution in [3.05, 3.63) is 76.7 Å². The van der Waals surface area contributed by atoms with Crippen LogP contribution in [0.15, 0.2) is 59.7 Å². The number of methoxy groups -OCH3 is 2. The first kappa shape index (κ1) is 39.9. The number of likely N-dealkylation sites (tertiary alicyclic amines) is 2. The fraction of sp³-hybridized carbons (Fsp3) is 0.455. The van der Waals surface area contributed by atoms with E-state index in [0.717, 1.165) is 70.0 Å². The first-order valence-electron chi connectivity index (χ1n) is 21.1. The number of H-pyrrole nitrogens is 2. The average molecular weight is 833 g/mol. The third kappa shape index (κ3) is 6.61. The summed E-state index contributed by atoms with van der Waals surface area (Å²) in [6, 6.07) is 12.8. The molecule has 0 bridgehead atoms. The van der Waals surface area contributed by atoms with Gasteiger partial charge in [0.2, 0.25) is 11.8 Å². The molecule has 5 aromatic rings. The minimum absolute atomic E-state index is 0.00820. The molecule has 0 spiro atoms. The molecule has 61 heavy (non-hydrogen) atoms. The van der Waals surface area contributed by atoms with Crippen LogP contribution in [0.3, 0.4) is 0 Å². The highest BCUT2D eigenvalue weighted by Gasteiger charge is 2.68. The summed E-state index contributed by atoms with van der Waals surface area (Å²) in [5.74, 6) is 0.272. The van der Waals surface area contributed by atoms with Gasteiger partial charge in [0.1, 0.15) is 23.6 Å². The number of nitrogens with zero attached hydrogens (tertiary/aromatic N) is 4. The van der Waals surface area contributed by atoms with E-state index >= 15 is 0 Å². The van der Waals surface area contributed by atoms with Crippen molar-refractivity contribution in [1.82, 2.24) is 50.4 Å². The Morgan fingerprint density at radius 1 is 0.885 bits per heavy atom. The first-order chi connectivity index (χ1) is 29.3. The van der Waals surface area contributed by atoms with Crippen molar-refractivity contribution < 1.29 is 28.7 Å². The van der Waals surface area contributed by atoms with Crippen LogP contribution >= 0.6 is 0 Å². The number of aromatic nitrogens is 4. The normalized spacial score (nSPS) is 25.1. The fourth-order valence-corrected chi connectivity index (χ4v) is 9.95. The van der Waals surface area contributed by atoms with Crippen molar-refractivity contribution in [1.29, 1.82) is 0 Å². The highest BCUT2D eigenvalue weighted by Crippen LogP contribution is 2.52. The number of hydrogen-bond acceptors (Lipinski definition) is 10. The second kappa shape index (κ2) is 15.2. The van der Waals surface area contributed by atoms with E-state index in [1.165, 1.54) is 14.2 Å². The summed E-state index contributed by atoms with van der Waals surface area (Å²) in [6.45, 7) is 8.90. The molecule has 6 atom stereocenters. The number of amides is 4. The van der Waals surface area contributed by atoms with Crippen LogP contribution in [0.5, 0.6) is 0 Å². The maximum atomic E-state index is 14.0. The number of benzene rings is 2. The molecule has 4 aliphatic rings. The maximum Gasteiger partial charge on any atom is 0.407 e. The van der Waals surface area contributed by atoms with Crippen molar-refractivity contribution in [2.45, 2.75) is 83.2 Å². The molecule has 3 aliphatic heterocycles. The zero-order valence-electron chi connectivity index (χ0n) is 35.1. The molecule has 17 nitrogen and oxygen atoms in total. The van der Waals surface area contributed by atoms with E-state index in [0.29, 0.717) is 24.4 Å². The van der Waals surface area contributed by atoms with Crippen LogP contribution in [0.1, 0.15) is 70.8 Å². The Bertz CT molecular complexity index is 2670. The van der Waals surface area contributed by atoms with E-state index < -0.39 is 23.8 Å². The van der Waals surface area contributed by atoms with Crippen molar-refractivity contribution >= 4 is 57.0 Å². The topological polar surface area (TPSA) is 207 Å². The predicted octanol–water partition coefficient (Wildman–Crippen LogP) is 4.56. The number of ether oxygens (including phenoxy) is 2. The number of alkyl carbamates (subject to hydrolysis) is 2. The maximum absolute atomic E-state index is 14.0.